The molecule has 25 heavy (non-hydrogen) atoms. The normalized spacial score (nSPS) is 12.1. The van der Waals surface area contributed by atoms with Gasteiger partial charge in [-0.25, -0.2) is 4.98 Å². The highest BCUT2D eigenvalue weighted by Gasteiger charge is 2.15. The van der Waals surface area contributed by atoms with Crippen LogP contribution in [0.3, 0.4) is 0 Å². The molecule has 0 amide bonds. The lowest BCUT2D eigenvalue weighted by Gasteiger charge is -2.08. The number of nitrogens with zero attached hydrogens (tertiary/aromatic N) is 3. The zero-order valence-corrected chi connectivity index (χ0v) is 14.8. The molecule has 3 aromatic rings. The lowest BCUT2D eigenvalue weighted by atomic mass is 10.1. The summed E-state index contributed by atoms with van der Waals surface area (Å²) in [6.07, 6.45) is 0.999. The number of aryl methyl sites for hydroxylation is 1. The molecule has 0 saturated carbocycles. The molecule has 0 aliphatic rings. The molecule has 1 atom stereocenters. The van der Waals surface area contributed by atoms with Crippen molar-refractivity contribution in [3.63, 3.8) is 0 Å². The molecular formula is C18H18N4O2S. The van der Waals surface area contributed by atoms with E-state index >= 15 is 0 Å². The second kappa shape index (κ2) is 7.48. The minimum absolute atomic E-state index is 0.00557. The fourth-order valence-corrected chi connectivity index (χ4v) is 3.29. The van der Waals surface area contributed by atoms with Crippen molar-refractivity contribution in [1.29, 1.82) is 0 Å². The van der Waals surface area contributed by atoms with Gasteiger partial charge in [0.25, 0.3) is 5.69 Å². The van der Waals surface area contributed by atoms with E-state index in [1.165, 1.54) is 23.4 Å². The van der Waals surface area contributed by atoms with Crippen LogP contribution in [-0.2, 0) is 6.42 Å². The van der Waals surface area contributed by atoms with E-state index in [-0.39, 0.29) is 15.9 Å². The van der Waals surface area contributed by atoms with Crippen molar-refractivity contribution in [1.82, 2.24) is 15.2 Å². The zero-order chi connectivity index (χ0) is 17.8. The van der Waals surface area contributed by atoms with Gasteiger partial charge in [-0.15, -0.1) is 5.10 Å². The number of hydrogen-bond donors (Lipinski definition) is 1. The summed E-state index contributed by atoms with van der Waals surface area (Å²) in [5.41, 5.74) is 3.23. The predicted molar refractivity (Wildman–Crippen MR) is 98.6 cm³/mol. The number of hydrogen-bond acceptors (Lipinski definition) is 5. The maximum Gasteiger partial charge on any atom is 0.269 e. The molecule has 0 aliphatic heterocycles. The quantitative estimate of drug-likeness (QED) is 0.390. The van der Waals surface area contributed by atoms with Crippen molar-refractivity contribution in [2.24, 2.45) is 0 Å². The number of aromatic nitrogens is 3. The molecular weight excluding hydrogens is 336 g/mol. The lowest BCUT2D eigenvalue weighted by molar-refractivity contribution is -0.384. The van der Waals surface area contributed by atoms with Crippen molar-refractivity contribution in [2.75, 3.05) is 0 Å². The number of nitro benzene ring substituents is 1. The highest BCUT2D eigenvalue weighted by molar-refractivity contribution is 7.99. The first-order valence-electron chi connectivity index (χ1n) is 7.99. The van der Waals surface area contributed by atoms with Crippen LogP contribution in [0.25, 0.3) is 11.4 Å². The molecule has 0 bridgehead atoms. The van der Waals surface area contributed by atoms with Crippen molar-refractivity contribution in [3.8, 4) is 11.4 Å². The third-order valence-corrected chi connectivity index (χ3v) is 4.95. The van der Waals surface area contributed by atoms with E-state index in [0.29, 0.717) is 5.16 Å². The SMILES string of the molecule is CCc1ccc(-c2nc(SC(C)c3cccc([N+](=O)[O-])c3)n[nH]2)cc1. The van der Waals surface area contributed by atoms with Crippen LogP contribution in [0.1, 0.15) is 30.2 Å². The predicted octanol–water partition coefficient (Wildman–Crippen LogP) is 4.80. The molecule has 1 heterocycles. The summed E-state index contributed by atoms with van der Waals surface area (Å²) in [7, 11) is 0. The topological polar surface area (TPSA) is 84.7 Å². The third-order valence-electron chi connectivity index (χ3n) is 3.93. The first-order chi connectivity index (χ1) is 12.1. The van der Waals surface area contributed by atoms with Gasteiger partial charge in [0.05, 0.1) is 4.92 Å². The Bertz CT molecular complexity index is 877. The second-order valence-corrected chi connectivity index (χ2v) is 6.94. The van der Waals surface area contributed by atoms with E-state index in [2.05, 4.69) is 34.2 Å². The Morgan fingerprint density at radius 2 is 2.00 bits per heavy atom. The van der Waals surface area contributed by atoms with Gasteiger partial charge in [-0.3, -0.25) is 15.2 Å². The molecule has 0 spiro atoms. The van der Waals surface area contributed by atoms with Gasteiger partial charge >= 0.3 is 0 Å². The van der Waals surface area contributed by atoms with Crippen molar-refractivity contribution in [2.45, 2.75) is 30.7 Å². The van der Waals surface area contributed by atoms with Gasteiger partial charge in [-0.05, 0) is 24.5 Å². The van der Waals surface area contributed by atoms with Gasteiger partial charge < -0.3 is 0 Å². The van der Waals surface area contributed by atoms with Crippen LogP contribution in [0.2, 0.25) is 0 Å². The summed E-state index contributed by atoms with van der Waals surface area (Å²) in [4.78, 5) is 15.0. The minimum Gasteiger partial charge on any atom is -0.258 e. The standard InChI is InChI=1S/C18H18N4O2S/c1-3-13-7-9-14(10-8-13)17-19-18(21-20-17)25-12(2)15-5-4-6-16(11-15)22(23)24/h4-12H,3H2,1-2H3,(H,19,20,21). The van der Waals surface area contributed by atoms with E-state index < -0.39 is 0 Å². The number of aromatic amines is 1. The monoisotopic (exact) mass is 354 g/mol. The average molecular weight is 354 g/mol. The van der Waals surface area contributed by atoms with Crippen molar-refractivity contribution < 1.29 is 4.92 Å². The van der Waals surface area contributed by atoms with Crippen LogP contribution >= 0.6 is 11.8 Å². The van der Waals surface area contributed by atoms with Gasteiger partial charge in [0.2, 0.25) is 5.16 Å². The number of benzene rings is 2. The summed E-state index contributed by atoms with van der Waals surface area (Å²) < 4.78 is 0. The number of non-ortho nitro benzene ring substituents is 1. The first kappa shape index (κ1) is 17.2. The Labute approximate surface area is 149 Å². The van der Waals surface area contributed by atoms with Crippen LogP contribution in [0.15, 0.2) is 53.7 Å². The van der Waals surface area contributed by atoms with Gasteiger partial charge in [-0.1, -0.05) is 55.1 Å². The van der Waals surface area contributed by atoms with Crippen LogP contribution in [-0.4, -0.2) is 20.1 Å². The third kappa shape index (κ3) is 4.06. The molecule has 2 aromatic carbocycles. The van der Waals surface area contributed by atoms with Crippen LogP contribution < -0.4 is 0 Å². The maximum absolute atomic E-state index is 10.9. The smallest absolute Gasteiger partial charge is 0.258 e. The minimum atomic E-state index is -0.383. The Morgan fingerprint density at radius 3 is 2.68 bits per heavy atom. The molecule has 3 rings (SSSR count). The Balaban J connectivity index is 1.74. The molecule has 0 fully saturated rings. The molecule has 0 aliphatic carbocycles. The van der Waals surface area contributed by atoms with E-state index in [9.17, 15) is 10.1 Å². The second-order valence-electron chi connectivity index (χ2n) is 5.63. The molecule has 1 aromatic heterocycles. The van der Waals surface area contributed by atoms with Crippen LogP contribution in [0.4, 0.5) is 5.69 Å². The number of thioether (sulfide) groups is 1. The highest BCUT2D eigenvalue weighted by Crippen LogP contribution is 2.34. The summed E-state index contributed by atoms with van der Waals surface area (Å²) in [5, 5.41) is 18.7. The fraction of sp³-hybridized carbons (Fsp3) is 0.222. The maximum atomic E-state index is 10.9. The number of nitrogens with one attached hydrogen (secondary N) is 1. The van der Waals surface area contributed by atoms with E-state index in [1.807, 2.05) is 25.1 Å². The zero-order valence-electron chi connectivity index (χ0n) is 14.0. The molecule has 6 nitrogen and oxygen atoms in total. The van der Waals surface area contributed by atoms with E-state index in [4.69, 9.17) is 0 Å². The molecule has 7 heteroatoms. The van der Waals surface area contributed by atoms with Crippen LogP contribution in [0, 0.1) is 10.1 Å². The lowest BCUT2D eigenvalue weighted by Crippen LogP contribution is -1.93. The molecule has 128 valence electrons. The molecule has 0 radical (unpaired) electrons. The Kier molecular flexibility index (Phi) is 5.14. The van der Waals surface area contributed by atoms with Gasteiger partial charge in [0.15, 0.2) is 5.82 Å². The largest absolute Gasteiger partial charge is 0.269 e. The van der Waals surface area contributed by atoms with E-state index in [0.717, 1.165) is 23.4 Å². The summed E-state index contributed by atoms with van der Waals surface area (Å²) in [6, 6.07) is 14.9. The van der Waals surface area contributed by atoms with Crippen molar-refractivity contribution >= 4 is 17.4 Å². The molecule has 1 N–H and O–H groups in total. The van der Waals surface area contributed by atoms with E-state index in [1.54, 1.807) is 12.1 Å². The van der Waals surface area contributed by atoms with Crippen LogP contribution in [0.5, 0.6) is 0 Å². The van der Waals surface area contributed by atoms with Gasteiger partial charge in [0.1, 0.15) is 0 Å². The Hall–Kier alpha value is -2.67. The number of H-pyrrole nitrogens is 1. The van der Waals surface area contributed by atoms with Gasteiger partial charge in [0, 0.05) is 22.9 Å². The number of nitro groups is 1. The van der Waals surface area contributed by atoms with Gasteiger partial charge in [-0.2, -0.15) is 0 Å². The highest BCUT2D eigenvalue weighted by atomic mass is 32.2. The summed E-state index contributed by atoms with van der Waals surface area (Å²) >= 11 is 1.46. The summed E-state index contributed by atoms with van der Waals surface area (Å²) in [6.45, 7) is 4.10. The molecule has 0 saturated heterocycles. The fourth-order valence-electron chi connectivity index (χ4n) is 2.44. The first-order valence-corrected chi connectivity index (χ1v) is 8.87. The molecule has 1 unspecified atom stereocenters. The number of rotatable bonds is 6. The van der Waals surface area contributed by atoms with Crippen molar-refractivity contribution in [3.05, 3.63) is 69.8 Å². The summed E-state index contributed by atoms with van der Waals surface area (Å²) in [5.74, 6) is 0.719. The average Bonchev–Trinajstić information content (AvgIpc) is 3.10. The Morgan fingerprint density at radius 1 is 1.24 bits per heavy atom.